The van der Waals surface area contributed by atoms with Crippen LogP contribution in [0.2, 0.25) is 0 Å². The van der Waals surface area contributed by atoms with Crippen LogP contribution in [0.4, 0.5) is 5.69 Å². The summed E-state index contributed by atoms with van der Waals surface area (Å²) in [7, 11) is 0. The van der Waals surface area contributed by atoms with E-state index < -0.39 is 0 Å². The van der Waals surface area contributed by atoms with Crippen molar-refractivity contribution in [3.63, 3.8) is 0 Å². The van der Waals surface area contributed by atoms with E-state index in [9.17, 15) is 4.79 Å². The molecule has 1 amide bonds. The number of carbonyl (C=O) groups excluding carboxylic acids is 1. The van der Waals surface area contributed by atoms with Crippen molar-refractivity contribution in [1.82, 2.24) is 4.90 Å². The quantitative estimate of drug-likeness (QED) is 0.786. The van der Waals surface area contributed by atoms with Gasteiger partial charge in [0.05, 0.1) is 0 Å². The molecule has 0 aromatic heterocycles. The summed E-state index contributed by atoms with van der Waals surface area (Å²) < 4.78 is 0. The number of hydrogen-bond donors (Lipinski definition) is 1. The summed E-state index contributed by atoms with van der Waals surface area (Å²) in [6.07, 6.45) is 5.93. The van der Waals surface area contributed by atoms with Crippen molar-refractivity contribution >= 4 is 11.6 Å². The summed E-state index contributed by atoms with van der Waals surface area (Å²) in [5.41, 5.74) is 10.6. The van der Waals surface area contributed by atoms with E-state index in [-0.39, 0.29) is 5.91 Å². The molecular weight excluding hydrogens is 320 g/mol. The maximum atomic E-state index is 12.5. The molecule has 0 unspecified atom stereocenters. The minimum atomic E-state index is 0.269. The maximum absolute atomic E-state index is 12.5. The summed E-state index contributed by atoms with van der Waals surface area (Å²) >= 11 is 0. The van der Waals surface area contributed by atoms with Gasteiger partial charge in [-0.3, -0.25) is 4.79 Å². The lowest BCUT2D eigenvalue weighted by Crippen LogP contribution is -2.38. The van der Waals surface area contributed by atoms with Gasteiger partial charge in [-0.25, -0.2) is 0 Å². The fraction of sp³-hybridized carbons (Fsp3) is 0.435. The topological polar surface area (TPSA) is 46.3 Å². The van der Waals surface area contributed by atoms with E-state index in [1.807, 2.05) is 29.2 Å². The van der Waals surface area contributed by atoms with Crippen molar-refractivity contribution in [2.75, 3.05) is 18.8 Å². The monoisotopic (exact) mass is 350 g/mol. The molecule has 1 fully saturated rings. The van der Waals surface area contributed by atoms with Crippen LogP contribution in [0.25, 0.3) is 0 Å². The number of aryl methyl sites for hydroxylation is 3. The SMILES string of the molecule is Cc1ccc(CCC2CCN(C(=O)CCc3ccccc3N)CC2)cc1. The molecule has 0 saturated carbocycles. The Kier molecular flexibility index (Phi) is 6.32. The molecule has 2 aromatic carbocycles. The Hall–Kier alpha value is -2.29. The number of anilines is 1. The van der Waals surface area contributed by atoms with E-state index in [2.05, 4.69) is 31.2 Å². The van der Waals surface area contributed by atoms with E-state index >= 15 is 0 Å². The van der Waals surface area contributed by atoms with Crippen molar-refractivity contribution in [1.29, 1.82) is 0 Å². The van der Waals surface area contributed by atoms with Gasteiger partial charge >= 0.3 is 0 Å². The van der Waals surface area contributed by atoms with Gasteiger partial charge in [-0.1, -0.05) is 48.0 Å². The zero-order valence-corrected chi connectivity index (χ0v) is 15.8. The molecule has 2 N–H and O–H groups in total. The van der Waals surface area contributed by atoms with Crippen LogP contribution in [0.5, 0.6) is 0 Å². The van der Waals surface area contributed by atoms with Gasteiger partial charge in [0.1, 0.15) is 0 Å². The smallest absolute Gasteiger partial charge is 0.222 e. The highest BCUT2D eigenvalue weighted by atomic mass is 16.2. The number of likely N-dealkylation sites (tertiary alicyclic amines) is 1. The first kappa shape index (κ1) is 18.5. The van der Waals surface area contributed by atoms with Crippen LogP contribution < -0.4 is 5.73 Å². The number of para-hydroxylation sites is 1. The van der Waals surface area contributed by atoms with Crippen LogP contribution in [0.3, 0.4) is 0 Å². The molecule has 3 nitrogen and oxygen atoms in total. The minimum absolute atomic E-state index is 0.269. The third-order valence-corrected chi connectivity index (χ3v) is 5.59. The van der Waals surface area contributed by atoms with Gasteiger partial charge in [0.25, 0.3) is 0 Å². The van der Waals surface area contributed by atoms with E-state index in [0.29, 0.717) is 6.42 Å². The molecule has 0 aliphatic carbocycles. The molecule has 26 heavy (non-hydrogen) atoms. The first-order valence-electron chi connectivity index (χ1n) is 9.78. The molecule has 0 spiro atoms. The highest BCUT2D eigenvalue weighted by Gasteiger charge is 2.22. The van der Waals surface area contributed by atoms with Crippen LogP contribution in [-0.4, -0.2) is 23.9 Å². The van der Waals surface area contributed by atoms with Crippen molar-refractivity contribution in [2.45, 2.75) is 45.4 Å². The lowest BCUT2D eigenvalue weighted by Gasteiger charge is -2.32. The second kappa shape index (κ2) is 8.88. The van der Waals surface area contributed by atoms with Gasteiger partial charge in [0.15, 0.2) is 0 Å². The highest BCUT2D eigenvalue weighted by Crippen LogP contribution is 2.23. The van der Waals surface area contributed by atoms with Crippen LogP contribution in [0.15, 0.2) is 48.5 Å². The number of rotatable bonds is 6. The largest absolute Gasteiger partial charge is 0.399 e. The van der Waals surface area contributed by atoms with Gasteiger partial charge in [0.2, 0.25) is 5.91 Å². The predicted molar refractivity (Wildman–Crippen MR) is 108 cm³/mol. The van der Waals surface area contributed by atoms with E-state index in [1.54, 1.807) is 0 Å². The third-order valence-electron chi connectivity index (χ3n) is 5.59. The average Bonchev–Trinajstić information content (AvgIpc) is 2.67. The first-order valence-corrected chi connectivity index (χ1v) is 9.78. The van der Waals surface area contributed by atoms with Crippen LogP contribution >= 0.6 is 0 Å². The van der Waals surface area contributed by atoms with Crippen molar-refractivity contribution in [3.05, 3.63) is 65.2 Å². The molecule has 1 heterocycles. The maximum Gasteiger partial charge on any atom is 0.222 e. The molecule has 1 aliphatic rings. The Labute approximate surface area is 157 Å². The summed E-state index contributed by atoms with van der Waals surface area (Å²) in [6, 6.07) is 16.7. The summed E-state index contributed by atoms with van der Waals surface area (Å²) in [5.74, 6) is 1.01. The second-order valence-corrected chi connectivity index (χ2v) is 7.55. The second-order valence-electron chi connectivity index (χ2n) is 7.55. The van der Waals surface area contributed by atoms with Crippen LogP contribution in [-0.2, 0) is 17.6 Å². The van der Waals surface area contributed by atoms with E-state index in [0.717, 1.165) is 55.9 Å². The normalized spacial score (nSPS) is 15.2. The lowest BCUT2D eigenvalue weighted by molar-refractivity contribution is -0.132. The van der Waals surface area contributed by atoms with Gasteiger partial charge < -0.3 is 10.6 Å². The summed E-state index contributed by atoms with van der Waals surface area (Å²) in [4.78, 5) is 14.5. The molecule has 0 bridgehead atoms. The fourth-order valence-electron chi connectivity index (χ4n) is 3.76. The molecule has 2 aromatic rings. The molecule has 0 atom stereocenters. The van der Waals surface area contributed by atoms with Crippen molar-refractivity contribution in [3.8, 4) is 0 Å². The molecule has 1 saturated heterocycles. The molecule has 3 heteroatoms. The van der Waals surface area contributed by atoms with Crippen molar-refractivity contribution < 1.29 is 4.79 Å². The van der Waals surface area contributed by atoms with E-state index in [1.165, 1.54) is 17.5 Å². The number of nitrogen functional groups attached to an aromatic ring is 1. The van der Waals surface area contributed by atoms with Gasteiger partial charge in [-0.2, -0.15) is 0 Å². The van der Waals surface area contributed by atoms with Crippen LogP contribution in [0, 0.1) is 12.8 Å². The Morgan fingerprint density at radius 2 is 1.73 bits per heavy atom. The highest BCUT2D eigenvalue weighted by molar-refractivity contribution is 5.76. The average molecular weight is 351 g/mol. The number of piperidine rings is 1. The van der Waals surface area contributed by atoms with Crippen molar-refractivity contribution in [2.24, 2.45) is 5.92 Å². The minimum Gasteiger partial charge on any atom is -0.399 e. The zero-order chi connectivity index (χ0) is 18.4. The number of nitrogens with zero attached hydrogens (tertiary/aromatic N) is 1. The molecule has 1 aliphatic heterocycles. The third kappa shape index (κ3) is 5.10. The van der Waals surface area contributed by atoms with Gasteiger partial charge in [-0.15, -0.1) is 0 Å². The predicted octanol–water partition coefficient (Wildman–Crippen LogP) is 4.38. The number of benzene rings is 2. The number of hydrogen-bond acceptors (Lipinski definition) is 2. The van der Waals surface area contributed by atoms with Gasteiger partial charge in [-0.05, 0) is 62.1 Å². The Bertz CT molecular complexity index is 715. The Balaban J connectivity index is 1.39. The van der Waals surface area contributed by atoms with E-state index in [4.69, 9.17) is 5.73 Å². The summed E-state index contributed by atoms with van der Waals surface area (Å²) in [6.45, 7) is 3.94. The first-order chi connectivity index (χ1) is 12.6. The lowest BCUT2D eigenvalue weighted by atomic mass is 9.90. The standard InChI is InChI=1S/C23H30N2O/c1-18-6-8-19(9-7-18)10-11-20-14-16-25(17-15-20)23(26)13-12-21-4-2-3-5-22(21)24/h2-9,20H,10-17,24H2,1H3. The Morgan fingerprint density at radius 3 is 2.42 bits per heavy atom. The Morgan fingerprint density at radius 1 is 1.04 bits per heavy atom. The number of nitrogens with two attached hydrogens (primary N) is 1. The molecule has 3 rings (SSSR count). The molecule has 138 valence electrons. The number of amides is 1. The van der Waals surface area contributed by atoms with Gasteiger partial charge in [0, 0.05) is 25.2 Å². The molecule has 0 radical (unpaired) electrons. The number of carbonyl (C=O) groups is 1. The fourth-order valence-corrected chi connectivity index (χ4v) is 3.76. The van der Waals surface area contributed by atoms with Crippen LogP contribution in [0.1, 0.15) is 42.4 Å². The summed E-state index contributed by atoms with van der Waals surface area (Å²) in [5, 5.41) is 0. The molecular formula is C23H30N2O. The zero-order valence-electron chi connectivity index (χ0n) is 15.8.